The van der Waals surface area contributed by atoms with Gasteiger partial charge in [0, 0.05) is 25.7 Å². The Morgan fingerprint density at radius 3 is 2.48 bits per heavy atom. The molecule has 0 saturated carbocycles. The second-order valence-electron chi connectivity index (χ2n) is 6.21. The largest absolute Gasteiger partial charge is 0.505 e. The van der Waals surface area contributed by atoms with E-state index in [4.69, 9.17) is 4.74 Å². The van der Waals surface area contributed by atoms with Crippen LogP contribution in [0, 0.1) is 0 Å². The SMILES string of the molecule is CC1CN(c2ncc(O)cn2)CCN1C(=O)OC(C)(C)C. The molecule has 21 heavy (non-hydrogen) atoms. The van der Waals surface area contributed by atoms with E-state index < -0.39 is 5.60 Å². The van der Waals surface area contributed by atoms with Gasteiger partial charge < -0.3 is 19.6 Å². The van der Waals surface area contributed by atoms with Gasteiger partial charge in [-0.05, 0) is 27.7 Å². The van der Waals surface area contributed by atoms with Crippen LogP contribution in [0.4, 0.5) is 10.7 Å². The van der Waals surface area contributed by atoms with Crippen molar-refractivity contribution >= 4 is 12.0 Å². The Morgan fingerprint density at radius 2 is 1.95 bits per heavy atom. The van der Waals surface area contributed by atoms with Crippen LogP contribution in [0.5, 0.6) is 5.75 Å². The molecule has 2 heterocycles. The van der Waals surface area contributed by atoms with Crippen molar-refractivity contribution in [3.05, 3.63) is 12.4 Å². The number of hydrogen-bond donors (Lipinski definition) is 1. The number of nitrogens with zero attached hydrogens (tertiary/aromatic N) is 4. The van der Waals surface area contributed by atoms with Gasteiger partial charge in [0.15, 0.2) is 5.75 Å². The van der Waals surface area contributed by atoms with E-state index in [-0.39, 0.29) is 17.9 Å². The Kier molecular flexibility index (Phi) is 4.20. The van der Waals surface area contributed by atoms with Gasteiger partial charge in [0.05, 0.1) is 12.4 Å². The molecule has 1 amide bonds. The van der Waals surface area contributed by atoms with Gasteiger partial charge in [-0.1, -0.05) is 0 Å². The fourth-order valence-corrected chi connectivity index (χ4v) is 2.21. The summed E-state index contributed by atoms with van der Waals surface area (Å²) in [6.07, 6.45) is 2.45. The number of carbonyl (C=O) groups excluding carboxylic acids is 1. The van der Waals surface area contributed by atoms with Crippen molar-refractivity contribution < 1.29 is 14.6 Å². The van der Waals surface area contributed by atoms with Crippen LogP contribution in [0.15, 0.2) is 12.4 Å². The number of hydrogen-bond acceptors (Lipinski definition) is 6. The molecule has 1 aromatic rings. The highest BCUT2D eigenvalue weighted by Gasteiger charge is 2.31. The van der Waals surface area contributed by atoms with Crippen LogP contribution < -0.4 is 4.90 Å². The first-order valence-electron chi connectivity index (χ1n) is 7.02. The van der Waals surface area contributed by atoms with Crippen molar-refractivity contribution in [1.29, 1.82) is 0 Å². The van der Waals surface area contributed by atoms with Crippen molar-refractivity contribution in [3.8, 4) is 5.75 Å². The van der Waals surface area contributed by atoms with Gasteiger partial charge in [0.1, 0.15) is 5.60 Å². The molecule has 0 radical (unpaired) electrons. The van der Waals surface area contributed by atoms with Gasteiger partial charge in [-0.2, -0.15) is 0 Å². The minimum absolute atomic E-state index is 0.00556. The molecule has 0 bridgehead atoms. The second kappa shape index (κ2) is 5.75. The van der Waals surface area contributed by atoms with Crippen LogP contribution in [0.25, 0.3) is 0 Å². The third-order valence-corrected chi connectivity index (χ3v) is 3.16. The van der Waals surface area contributed by atoms with Crippen LogP contribution >= 0.6 is 0 Å². The average molecular weight is 294 g/mol. The van der Waals surface area contributed by atoms with Crippen LogP contribution in [-0.4, -0.2) is 57.3 Å². The first kappa shape index (κ1) is 15.3. The highest BCUT2D eigenvalue weighted by atomic mass is 16.6. The highest BCUT2D eigenvalue weighted by Crippen LogP contribution is 2.18. The number of aromatic hydroxyl groups is 1. The number of anilines is 1. The predicted octanol–water partition coefficient (Wildman–Crippen LogP) is 1.63. The quantitative estimate of drug-likeness (QED) is 0.848. The molecule has 1 aliphatic heterocycles. The van der Waals surface area contributed by atoms with Gasteiger partial charge in [0.2, 0.25) is 5.95 Å². The number of ether oxygens (including phenoxy) is 1. The third-order valence-electron chi connectivity index (χ3n) is 3.16. The molecule has 1 unspecified atom stereocenters. The lowest BCUT2D eigenvalue weighted by atomic mass is 10.2. The van der Waals surface area contributed by atoms with Gasteiger partial charge in [-0.15, -0.1) is 0 Å². The summed E-state index contributed by atoms with van der Waals surface area (Å²) < 4.78 is 5.41. The number of piperazine rings is 1. The van der Waals surface area contributed by atoms with E-state index in [1.165, 1.54) is 12.4 Å². The second-order valence-corrected chi connectivity index (χ2v) is 6.21. The van der Waals surface area contributed by atoms with Gasteiger partial charge in [-0.25, -0.2) is 14.8 Å². The summed E-state index contributed by atoms with van der Waals surface area (Å²) in [6.45, 7) is 9.36. The summed E-state index contributed by atoms with van der Waals surface area (Å²) in [6, 6.07) is 0.00556. The highest BCUT2D eigenvalue weighted by molar-refractivity contribution is 5.69. The fourth-order valence-electron chi connectivity index (χ4n) is 2.21. The third kappa shape index (κ3) is 3.96. The maximum Gasteiger partial charge on any atom is 0.410 e. The molecule has 7 nitrogen and oxygen atoms in total. The predicted molar refractivity (Wildman–Crippen MR) is 78.3 cm³/mol. The van der Waals surface area contributed by atoms with Crippen molar-refractivity contribution in [1.82, 2.24) is 14.9 Å². The van der Waals surface area contributed by atoms with Gasteiger partial charge in [0.25, 0.3) is 0 Å². The van der Waals surface area contributed by atoms with Gasteiger partial charge >= 0.3 is 6.09 Å². The Bertz CT molecular complexity index is 498. The number of rotatable bonds is 1. The van der Waals surface area contributed by atoms with Crippen LogP contribution in [0.2, 0.25) is 0 Å². The van der Waals surface area contributed by atoms with E-state index in [0.717, 1.165) is 0 Å². The Balaban J connectivity index is 1.99. The lowest BCUT2D eigenvalue weighted by Crippen LogP contribution is -2.55. The zero-order valence-electron chi connectivity index (χ0n) is 12.9. The summed E-state index contributed by atoms with van der Waals surface area (Å²) in [5.74, 6) is 0.600. The van der Waals surface area contributed by atoms with E-state index in [1.54, 1.807) is 4.90 Å². The zero-order valence-corrected chi connectivity index (χ0v) is 12.9. The molecule has 0 aliphatic carbocycles. The molecule has 0 spiro atoms. The van der Waals surface area contributed by atoms with E-state index >= 15 is 0 Å². The van der Waals surface area contributed by atoms with Crippen LogP contribution in [0.3, 0.4) is 0 Å². The minimum atomic E-state index is -0.492. The zero-order chi connectivity index (χ0) is 15.6. The normalized spacial score (nSPS) is 19.5. The van der Waals surface area contributed by atoms with Crippen molar-refractivity contribution in [2.24, 2.45) is 0 Å². The molecule has 1 aromatic heterocycles. The molecular weight excluding hydrogens is 272 g/mol. The summed E-state index contributed by atoms with van der Waals surface area (Å²) >= 11 is 0. The molecule has 1 fully saturated rings. The number of aromatic nitrogens is 2. The van der Waals surface area contributed by atoms with Crippen molar-refractivity contribution in [3.63, 3.8) is 0 Å². The monoisotopic (exact) mass is 294 g/mol. The molecule has 1 N–H and O–H groups in total. The van der Waals surface area contributed by atoms with Crippen molar-refractivity contribution in [2.45, 2.75) is 39.3 Å². The first-order chi connectivity index (χ1) is 9.76. The fraction of sp³-hybridized carbons (Fsp3) is 0.643. The molecule has 0 aromatic carbocycles. The summed E-state index contributed by atoms with van der Waals surface area (Å²) in [7, 11) is 0. The summed E-state index contributed by atoms with van der Waals surface area (Å²) in [5, 5.41) is 9.22. The Labute approximate surface area is 124 Å². The number of amides is 1. The lowest BCUT2D eigenvalue weighted by Gasteiger charge is -2.40. The van der Waals surface area contributed by atoms with E-state index in [1.807, 2.05) is 32.6 Å². The van der Waals surface area contributed by atoms with Crippen molar-refractivity contribution in [2.75, 3.05) is 24.5 Å². The Hall–Kier alpha value is -2.05. The first-order valence-corrected chi connectivity index (χ1v) is 7.02. The molecule has 2 rings (SSSR count). The van der Waals surface area contributed by atoms with E-state index in [0.29, 0.717) is 25.6 Å². The van der Waals surface area contributed by atoms with Crippen LogP contribution in [0.1, 0.15) is 27.7 Å². The molecule has 7 heteroatoms. The van der Waals surface area contributed by atoms with E-state index in [9.17, 15) is 9.90 Å². The average Bonchev–Trinajstić information content (AvgIpc) is 2.37. The number of carbonyl (C=O) groups is 1. The van der Waals surface area contributed by atoms with Gasteiger partial charge in [-0.3, -0.25) is 0 Å². The van der Waals surface area contributed by atoms with Crippen LogP contribution in [-0.2, 0) is 4.74 Å². The molecule has 1 saturated heterocycles. The summed E-state index contributed by atoms with van der Waals surface area (Å²) in [5.41, 5.74) is -0.492. The molecule has 1 aliphatic rings. The summed E-state index contributed by atoms with van der Waals surface area (Å²) in [4.78, 5) is 24.0. The minimum Gasteiger partial charge on any atom is -0.505 e. The van der Waals surface area contributed by atoms with E-state index in [2.05, 4.69) is 9.97 Å². The standard InChI is InChI=1S/C14H22N4O3/c1-10-9-17(12-15-7-11(19)8-16-12)5-6-18(10)13(20)21-14(2,3)4/h7-8,10,19H,5-6,9H2,1-4H3. The molecular formula is C14H22N4O3. The lowest BCUT2D eigenvalue weighted by molar-refractivity contribution is 0.0158. The topological polar surface area (TPSA) is 78.8 Å². The molecule has 116 valence electrons. The maximum atomic E-state index is 12.1. The smallest absolute Gasteiger partial charge is 0.410 e. The molecule has 1 atom stereocenters. The maximum absolute atomic E-state index is 12.1. The Morgan fingerprint density at radius 1 is 1.33 bits per heavy atom.